The predicted octanol–water partition coefficient (Wildman–Crippen LogP) is 4.26. The minimum absolute atomic E-state index is 0.288. The molecule has 0 atom stereocenters. The molecule has 1 aliphatic heterocycles. The summed E-state index contributed by atoms with van der Waals surface area (Å²) in [5.41, 5.74) is 0.862. The Morgan fingerprint density at radius 2 is 1.88 bits per heavy atom. The van der Waals surface area contributed by atoms with E-state index in [1.807, 2.05) is 24.3 Å². The van der Waals surface area contributed by atoms with Crippen LogP contribution in [0.1, 0.15) is 15.9 Å². The van der Waals surface area contributed by atoms with Gasteiger partial charge in [-0.05, 0) is 42.0 Å². The van der Waals surface area contributed by atoms with E-state index in [9.17, 15) is 14.7 Å². The lowest BCUT2D eigenvalue weighted by Crippen LogP contribution is -2.27. The van der Waals surface area contributed by atoms with Crippen LogP contribution in [0.5, 0.6) is 5.75 Å². The molecule has 1 aliphatic rings. The van der Waals surface area contributed by atoms with Gasteiger partial charge in [-0.15, -0.1) is 0 Å². The average molecular weight is 436 g/mol. The number of carbonyl (C=O) groups is 2. The predicted molar refractivity (Wildman–Crippen MR) is 105 cm³/mol. The zero-order valence-corrected chi connectivity index (χ0v) is 15.7. The van der Waals surface area contributed by atoms with Gasteiger partial charge in [0, 0.05) is 4.47 Å². The van der Waals surface area contributed by atoms with Gasteiger partial charge < -0.3 is 10.2 Å². The molecule has 0 radical (unpaired) electrons. The number of thiocarbonyl (C=S) groups is 1. The SMILES string of the molecule is O=C(O)c1cc(N2C(=O)/C(=C/c3ccc(Br)cc3)SC2=S)ccc1O. The van der Waals surface area contributed by atoms with Gasteiger partial charge in [-0.3, -0.25) is 9.69 Å². The molecule has 2 aromatic carbocycles. The highest BCUT2D eigenvalue weighted by atomic mass is 79.9. The topological polar surface area (TPSA) is 77.8 Å². The molecule has 1 saturated heterocycles. The quantitative estimate of drug-likeness (QED) is 0.553. The molecule has 0 spiro atoms. The lowest BCUT2D eigenvalue weighted by Gasteiger charge is -2.15. The Morgan fingerprint density at radius 1 is 1.20 bits per heavy atom. The first-order valence-corrected chi connectivity index (χ1v) is 8.98. The number of nitrogens with zero attached hydrogens (tertiary/aromatic N) is 1. The Kier molecular flexibility index (Phi) is 4.94. The van der Waals surface area contributed by atoms with Gasteiger partial charge in [0.25, 0.3) is 5.91 Å². The molecule has 1 amide bonds. The molecule has 3 rings (SSSR count). The second kappa shape index (κ2) is 6.99. The van der Waals surface area contributed by atoms with Gasteiger partial charge >= 0.3 is 5.97 Å². The molecule has 0 aliphatic carbocycles. The Balaban J connectivity index is 1.95. The number of aromatic carboxylic acids is 1. The van der Waals surface area contributed by atoms with Crippen molar-refractivity contribution in [2.75, 3.05) is 4.90 Å². The molecule has 126 valence electrons. The van der Waals surface area contributed by atoms with E-state index in [0.29, 0.717) is 14.9 Å². The van der Waals surface area contributed by atoms with E-state index in [1.165, 1.54) is 23.1 Å². The number of hydrogen-bond acceptors (Lipinski definition) is 5. The fourth-order valence-corrected chi connectivity index (χ4v) is 3.80. The monoisotopic (exact) mass is 435 g/mol. The molecule has 0 aromatic heterocycles. The normalized spacial score (nSPS) is 15.9. The number of benzene rings is 2. The maximum absolute atomic E-state index is 12.7. The van der Waals surface area contributed by atoms with Crippen LogP contribution >= 0.6 is 39.9 Å². The Bertz CT molecular complexity index is 925. The second-order valence-electron chi connectivity index (χ2n) is 5.08. The number of phenols is 1. The highest BCUT2D eigenvalue weighted by Crippen LogP contribution is 2.37. The first kappa shape index (κ1) is 17.7. The fraction of sp³-hybridized carbons (Fsp3) is 0. The van der Waals surface area contributed by atoms with E-state index in [1.54, 1.807) is 6.08 Å². The van der Waals surface area contributed by atoms with E-state index >= 15 is 0 Å². The summed E-state index contributed by atoms with van der Waals surface area (Å²) < 4.78 is 1.23. The number of carbonyl (C=O) groups excluding carboxylic acids is 1. The largest absolute Gasteiger partial charge is 0.507 e. The highest BCUT2D eigenvalue weighted by molar-refractivity contribution is 9.10. The lowest BCUT2D eigenvalue weighted by atomic mass is 10.1. The number of aromatic hydroxyl groups is 1. The molecule has 2 aromatic rings. The van der Waals surface area contributed by atoms with E-state index in [4.69, 9.17) is 17.3 Å². The van der Waals surface area contributed by atoms with Crippen LogP contribution in [0.2, 0.25) is 0 Å². The number of carboxylic acids is 1. The van der Waals surface area contributed by atoms with E-state index in [-0.39, 0.29) is 17.2 Å². The summed E-state index contributed by atoms with van der Waals surface area (Å²) in [7, 11) is 0. The third kappa shape index (κ3) is 3.60. The summed E-state index contributed by atoms with van der Waals surface area (Å²) in [5, 5.41) is 18.7. The molecule has 5 nitrogen and oxygen atoms in total. The number of amides is 1. The van der Waals surface area contributed by atoms with Crippen LogP contribution < -0.4 is 4.90 Å². The first-order valence-electron chi connectivity index (χ1n) is 6.96. The van der Waals surface area contributed by atoms with Crippen LogP contribution in [-0.2, 0) is 4.79 Å². The van der Waals surface area contributed by atoms with Crippen LogP contribution in [0.4, 0.5) is 5.69 Å². The van der Waals surface area contributed by atoms with E-state index in [2.05, 4.69) is 15.9 Å². The van der Waals surface area contributed by atoms with Gasteiger partial charge in [0.05, 0.1) is 10.6 Å². The number of anilines is 1. The van der Waals surface area contributed by atoms with Crippen molar-refractivity contribution in [1.29, 1.82) is 0 Å². The number of carboxylic acid groups (broad SMARTS) is 1. The lowest BCUT2D eigenvalue weighted by molar-refractivity contribution is -0.113. The van der Waals surface area contributed by atoms with Crippen molar-refractivity contribution < 1.29 is 19.8 Å². The molecule has 1 fully saturated rings. The summed E-state index contributed by atoms with van der Waals surface area (Å²) in [6.07, 6.45) is 1.73. The Hall–Kier alpha value is -2.16. The van der Waals surface area contributed by atoms with E-state index < -0.39 is 5.97 Å². The minimum Gasteiger partial charge on any atom is -0.507 e. The summed E-state index contributed by atoms with van der Waals surface area (Å²) in [4.78, 5) is 25.6. The molecular formula is C17H10BrNO4S2. The van der Waals surface area contributed by atoms with Crippen molar-refractivity contribution in [2.24, 2.45) is 0 Å². The third-order valence-electron chi connectivity index (χ3n) is 3.43. The van der Waals surface area contributed by atoms with Crippen molar-refractivity contribution in [3.05, 3.63) is 63.0 Å². The second-order valence-corrected chi connectivity index (χ2v) is 7.67. The van der Waals surface area contributed by atoms with Gasteiger partial charge in [-0.2, -0.15) is 0 Å². The van der Waals surface area contributed by atoms with Gasteiger partial charge in [0.1, 0.15) is 11.3 Å². The average Bonchev–Trinajstić information content (AvgIpc) is 2.84. The van der Waals surface area contributed by atoms with Gasteiger partial charge in [-0.25, -0.2) is 4.79 Å². The highest BCUT2D eigenvalue weighted by Gasteiger charge is 2.33. The third-order valence-corrected chi connectivity index (χ3v) is 5.26. The molecule has 2 N–H and O–H groups in total. The molecule has 0 bridgehead atoms. The summed E-state index contributed by atoms with van der Waals surface area (Å²) >= 11 is 9.76. The first-order chi connectivity index (χ1) is 11.9. The van der Waals surface area contributed by atoms with Gasteiger partial charge in [0.2, 0.25) is 0 Å². The summed E-state index contributed by atoms with van der Waals surface area (Å²) in [6.45, 7) is 0. The molecule has 0 saturated carbocycles. The van der Waals surface area contributed by atoms with Gasteiger partial charge in [0.15, 0.2) is 4.32 Å². The zero-order chi connectivity index (χ0) is 18.1. The fourth-order valence-electron chi connectivity index (χ4n) is 2.24. The van der Waals surface area contributed by atoms with Crippen LogP contribution in [0.3, 0.4) is 0 Å². The Labute approximate surface area is 161 Å². The maximum atomic E-state index is 12.7. The molecule has 25 heavy (non-hydrogen) atoms. The summed E-state index contributed by atoms with van der Waals surface area (Å²) in [6, 6.07) is 11.4. The molecule has 8 heteroatoms. The van der Waals surface area contributed by atoms with Crippen LogP contribution in [0, 0.1) is 0 Å². The van der Waals surface area contributed by atoms with Crippen LogP contribution in [0.15, 0.2) is 51.8 Å². The van der Waals surface area contributed by atoms with Crippen molar-refractivity contribution in [1.82, 2.24) is 0 Å². The van der Waals surface area contributed by atoms with Crippen molar-refractivity contribution in [2.45, 2.75) is 0 Å². The number of rotatable bonds is 3. The molecule has 1 heterocycles. The number of thioether (sulfide) groups is 1. The standard InChI is InChI=1S/C17H10BrNO4S2/c18-10-3-1-9(2-4-10)7-14-15(21)19(17(24)25-14)11-5-6-13(20)12(8-11)16(22)23/h1-8,20H,(H,22,23)/b14-7-. The van der Waals surface area contributed by atoms with E-state index in [0.717, 1.165) is 21.8 Å². The maximum Gasteiger partial charge on any atom is 0.339 e. The smallest absolute Gasteiger partial charge is 0.339 e. The number of halogens is 1. The number of hydrogen-bond donors (Lipinski definition) is 2. The van der Waals surface area contributed by atoms with Crippen molar-refractivity contribution in [3.8, 4) is 5.75 Å². The minimum atomic E-state index is -1.28. The van der Waals surface area contributed by atoms with Crippen LogP contribution in [-0.4, -0.2) is 26.4 Å². The van der Waals surface area contributed by atoms with Crippen LogP contribution in [0.25, 0.3) is 6.08 Å². The van der Waals surface area contributed by atoms with Crippen molar-refractivity contribution in [3.63, 3.8) is 0 Å². The summed E-state index contributed by atoms with van der Waals surface area (Å²) in [5.74, 6) is -1.98. The van der Waals surface area contributed by atoms with Gasteiger partial charge in [-0.1, -0.05) is 52.0 Å². The van der Waals surface area contributed by atoms with Crippen molar-refractivity contribution >= 4 is 67.9 Å². The zero-order valence-electron chi connectivity index (χ0n) is 12.5. The Morgan fingerprint density at radius 3 is 2.52 bits per heavy atom. The molecular weight excluding hydrogens is 426 g/mol. The molecule has 0 unspecified atom stereocenters.